The van der Waals surface area contributed by atoms with Crippen LogP contribution in [0, 0.1) is 5.41 Å². The molecule has 6 heteroatoms. The van der Waals surface area contributed by atoms with Crippen molar-refractivity contribution in [2.45, 2.75) is 45.4 Å². The number of ether oxygens (including phenoxy) is 1. The summed E-state index contributed by atoms with van der Waals surface area (Å²) in [5, 5.41) is 2.95. The molecule has 2 amide bonds. The molecule has 0 spiro atoms. The van der Waals surface area contributed by atoms with Crippen LogP contribution in [0.25, 0.3) is 0 Å². The van der Waals surface area contributed by atoms with Crippen LogP contribution >= 0.6 is 0 Å². The molecule has 6 nitrogen and oxygen atoms in total. The fourth-order valence-electron chi connectivity index (χ4n) is 3.58. The standard InChI is InChI=1S/C20H31N3O3/c1-4-26-17-12-15(19(25)23(2)3)8-9-16(17)22-18(24)13-20(14-21)10-6-5-7-11-20/h8-9,12H,4-7,10-11,13-14,21H2,1-3H3,(H,22,24). The maximum absolute atomic E-state index is 12.6. The first-order chi connectivity index (χ1) is 12.4. The van der Waals surface area contributed by atoms with Gasteiger partial charge in [-0.3, -0.25) is 9.59 Å². The Morgan fingerprint density at radius 3 is 2.50 bits per heavy atom. The summed E-state index contributed by atoms with van der Waals surface area (Å²) >= 11 is 0. The summed E-state index contributed by atoms with van der Waals surface area (Å²) < 4.78 is 5.64. The molecule has 1 fully saturated rings. The third kappa shape index (κ3) is 4.97. The second kappa shape index (κ2) is 9.03. The molecule has 1 aromatic rings. The van der Waals surface area contributed by atoms with Crippen molar-refractivity contribution >= 4 is 17.5 Å². The fraction of sp³-hybridized carbons (Fsp3) is 0.600. The van der Waals surface area contributed by atoms with E-state index in [-0.39, 0.29) is 17.2 Å². The van der Waals surface area contributed by atoms with Gasteiger partial charge in [0.15, 0.2) is 0 Å². The molecule has 0 bridgehead atoms. The number of nitrogens with zero attached hydrogens (tertiary/aromatic N) is 1. The largest absolute Gasteiger partial charge is 0.492 e. The number of nitrogens with two attached hydrogens (primary N) is 1. The second-order valence-electron chi connectivity index (χ2n) is 7.33. The first kappa shape index (κ1) is 20.2. The van der Waals surface area contributed by atoms with Crippen LogP contribution in [0.2, 0.25) is 0 Å². The van der Waals surface area contributed by atoms with Crippen molar-refractivity contribution in [1.29, 1.82) is 0 Å². The lowest BCUT2D eigenvalue weighted by atomic mass is 9.71. The molecule has 1 saturated carbocycles. The van der Waals surface area contributed by atoms with Gasteiger partial charge in [0.25, 0.3) is 5.91 Å². The molecule has 0 aromatic heterocycles. The van der Waals surface area contributed by atoms with E-state index in [4.69, 9.17) is 10.5 Å². The molecule has 0 radical (unpaired) electrons. The Morgan fingerprint density at radius 2 is 1.92 bits per heavy atom. The maximum atomic E-state index is 12.6. The van der Waals surface area contributed by atoms with Crippen LogP contribution in [0.1, 0.15) is 55.8 Å². The van der Waals surface area contributed by atoms with Gasteiger partial charge in [-0.05, 0) is 49.9 Å². The molecule has 2 rings (SSSR count). The lowest BCUT2D eigenvalue weighted by Crippen LogP contribution is -2.36. The number of hydrogen-bond acceptors (Lipinski definition) is 4. The highest BCUT2D eigenvalue weighted by molar-refractivity contribution is 5.97. The molecular formula is C20H31N3O3. The van der Waals surface area contributed by atoms with Crippen LogP contribution in [0.5, 0.6) is 5.75 Å². The van der Waals surface area contributed by atoms with Crippen LogP contribution in [-0.4, -0.2) is 44.0 Å². The third-order valence-corrected chi connectivity index (χ3v) is 5.09. The number of anilines is 1. The lowest BCUT2D eigenvalue weighted by molar-refractivity contribution is -0.118. The summed E-state index contributed by atoms with van der Waals surface area (Å²) in [5.74, 6) is 0.358. The van der Waals surface area contributed by atoms with Gasteiger partial charge in [-0.15, -0.1) is 0 Å². The topological polar surface area (TPSA) is 84.7 Å². The van der Waals surface area contributed by atoms with Gasteiger partial charge in [-0.2, -0.15) is 0 Å². The number of carbonyl (C=O) groups is 2. The number of nitrogens with one attached hydrogen (secondary N) is 1. The lowest BCUT2D eigenvalue weighted by Gasteiger charge is -2.35. The molecule has 1 aliphatic carbocycles. The monoisotopic (exact) mass is 361 g/mol. The molecule has 1 aliphatic rings. The summed E-state index contributed by atoms with van der Waals surface area (Å²) in [6.07, 6.45) is 5.93. The first-order valence-corrected chi connectivity index (χ1v) is 9.39. The van der Waals surface area contributed by atoms with Gasteiger partial charge >= 0.3 is 0 Å². The van der Waals surface area contributed by atoms with Gasteiger partial charge in [-0.25, -0.2) is 0 Å². The minimum atomic E-state index is -0.104. The summed E-state index contributed by atoms with van der Waals surface area (Å²) in [5.41, 5.74) is 7.03. The summed E-state index contributed by atoms with van der Waals surface area (Å²) in [7, 11) is 3.41. The Hall–Kier alpha value is -2.08. The van der Waals surface area contributed by atoms with E-state index in [1.165, 1.54) is 11.3 Å². The molecule has 144 valence electrons. The molecule has 1 aromatic carbocycles. The van der Waals surface area contributed by atoms with Crippen LogP contribution < -0.4 is 15.8 Å². The number of carbonyl (C=O) groups excluding carboxylic acids is 2. The van der Waals surface area contributed by atoms with Gasteiger partial charge in [0.2, 0.25) is 5.91 Å². The number of amides is 2. The molecule has 0 heterocycles. The molecular weight excluding hydrogens is 330 g/mol. The zero-order chi connectivity index (χ0) is 19.2. The van der Waals surface area contributed by atoms with Crippen LogP contribution in [0.3, 0.4) is 0 Å². The molecule has 0 aliphatic heterocycles. The van der Waals surface area contributed by atoms with E-state index in [0.29, 0.717) is 36.6 Å². The van der Waals surface area contributed by atoms with Crippen LogP contribution in [0.15, 0.2) is 18.2 Å². The van der Waals surface area contributed by atoms with E-state index in [2.05, 4.69) is 5.32 Å². The average molecular weight is 361 g/mol. The number of hydrogen-bond donors (Lipinski definition) is 2. The van der Waals surface area contributed by atoms with E-state index < -0.39 is 0 Å². The van der Waals surface area contributed by atoms with Crippen molar-refractivity contribution in [2.24, 2.45) is 11.1 Å². The van der Waals surface area contributed by atoms with Gasteiger partial charge < -0.3 is 20.7 Å². The third-order valence-electron chi connectivity index (χ3n) is 5.09. The van der Waals surface area contributed by atoms with Crippen molar-refractivity contribution in [1.82, 2.24) is 4.90 Å². The average Bonchev–Trinajstić information content (AvgIpc) is 2.63. The summed E-state index contributed by atoms with van der Waals surface area (Å²) in [6.45, 7) is 2.86. The highest BCUT2D eigenvalue weighted by Crippen LogP contribution is 2.39. The van der Waals surface area contributed by atoms with Gasteiger partial charge in [0, 0.05) is 26.1 Å². The van der Waals surface area contributed by atoms with Crippen molar-refractivity contribution in [2.75, 3.05) is 32.6 Å². The minimum Gasteiger partial charge on any atom is -0.492 e. The predicted octanol–water partition coefficient (Wildman–Crippen LogP) is 3.02. The molecule has 0 saturated heterocycles. The Morgan fingerprint density at radius 1 is 1.23 bits per heavy atom. The maximum Gasteiger partial charge on any atom is 0.253 e. The first-order valence-electron chi connectivity index (χ1n) is 9.39. The minimum absolute atomic E-state index is 0.0509. The van der Waals surface area contributed by atoms with Crippen LogP contribution in [-0.2, 0) is 4.79 Å². The van der Waals surface area contributed by atoms with Gasteiger partial charge in [0.05, 0.1) is 12.3 Å². The highest BCUT2D eigenvalue weighted by atomic mass is 16.5. The van der Waals surface area contributed by atoms with Crippen molar-refractivity contribution in [3.63, 3.8) is 0 Å². The van der Waals surface area contributed by atoms with Crippen LogP contribution in [0.4, 0.5) is 5.69 Å². The van der Waals surface area contributed by atoms with E-state index in [9.17, 15) is 9.59 Å². The highest BCUT2D eigenvalue weighted by Gasteiger charge is 2.33. The summed E-state index contributed by atoms with van der Waals surface area (Å²) in [4.78, 5) is 26.3. The quantitative estimate of drug-likeness (QED) is 0.782. The zero-order valence-corrected chi connectivity index (χ0v) is 16.1. The normalized spacial score (nSPS) is 16.0. The Bertz CT molecular complexity index is 637. The van der Waals surface area contributed by atoms with E-state index in [1.807, 2.05) is 6.92 Å². The number of rotatable bonds is 7. The zero-order valence-electron chi connectivity index (χ0n) is 16.1. The van der Waals surface area contributed by atoms with Gasteiger partial charge in [0.1, 0.15) is 5.75 Å². The second-order valence-corrected chi connectivity index (χ2v) is 7.33. The van der Waals surface area contributed by atoms with E-state index >= 15 is 0 Å². The molecule has 0 unspecified atom stereocenters. The molecule has 26 heavy (non-hydrogen) atoms. The van der Waals surface area contributed by atoms with Crippen molar-refractivity contribution in [3.05, 3.63) is 23.8 Å². The van der Waals surface area contributed by atoms with Gasteiger partial charge in [-0.1, -0.05) is 19.3 Å². The molecule has 0 atom stereocenters. The van der Waals surface area contributed by atoms with Crippen molar-refractivity contribution in [3.8, 4) is 5.75 Å². The predicted molar refractivity (Wildman–Crippen MR) is 103 cm³/mol. The smallest absolute Gasteiger partial charge is 0.253 e. The van der Waals surface area contributed by atoms with E-state index in [1.54, 1.807) is 32.3 Å². The van der Waals surface area contributed by atoms with Crippen molar-refractivity contribution < 1.29 is 14.3 Å². The Labute approximate surface area is 156 Å². The number of benzene rings is 1. The van der Waals surface area contributed by atoms with E-state index in [0.717, 1.165) is 25.7 Å². The molecule has 3 N–H and O–H groups in total. The SMILES string of the molecule is CCOc1cc(C(=O)N(C)C)ccc1NC(=O)CC1(CN)CCCCC1. The summed E-state index contributed by atoms with van der Waals surface area (Å²) in [6, 6.07) is 5.12. The fourth-order valence-corrected chi connectivity index (χ4v) is 3.58. The Kier molecular flexibility index (Phi) is 7.03. The Balaban J connectivity index is 2.14.